The highest BCUT2D eigenvalue weighted by atomic mass is 16.2. The van der Waals surface area contributed by atoms with Crippen LogP contribution in [0, 0.1) is 11.8 Å². The molecule has 1 unspecified atom stereocenters. The number of nitrogens with zero attached hydrogens (tertiary/aromatic N) is 1. The maximum absolute atomic E-state index is 12.8. The lowest BCUT2D eigenvalue weighted by atomic mass is 9.87. The molecule has 0 spiro atoms. The molecule has 0 aliphatic carbocycles. The Morgan fingerprint density at radius 2 is 2.14 bits per heavy atom. The van der Waals surface area contributed by atoms with Gasteiger partial charge in [-0.05, 0) is 49.5 Å². The van der Waals surface area contributed by atoms with Gasteiger partial charge in [0.15, 0.2) is 0 Å². The zero-order valence-corrected chi connectivity index (χ0v) is 13.2. The van der Waals surface area contributed by atoms with E-state index in [2.05, 4.69) is 10.6 Å². The summed E-state index contributed by atoms with van der Waals surface area (Å²) < 4.78 is 0. The normalized spacial score (nSPS) is 19.1. The highest BCUT2D eigenvalue weighted by molar-refractivity contribution is 5.98. The van der Waals surface area contributed by atoms with Crippen LogP contribution in [0.4, 0.5) is 11.4 Å². The zero-order chi connectivity index (χ0) is 15.7. The van der Waals surface area contributed by atoms with E-state index in [9.17, 15) is 9.59 Å². The van der Waals surface area contributed by atoms with Crippen molar-refractivity contribution in [2.75, 3.05) is 29.9 Å². The molecule has 0 radical (unpaired) electrons. The number of anilines is 2. The van der Waals surface area contributed by atoms with E-state index >= 15 is 0 Å². The summed E-state index contributed by atoms with van der Waals surface area (Å²) in [6.07, 6.45) is 1.83. The van der Waals surface area contributed by atoms with Crippen molar-refractivity contribution < 1.29 is 9.59 Å². The predicted octanol–water partition coefficient (Wildman–Crippen LogP) is 1.78. The Balaban J connectivity index is 1.87. The largest absolute Gasteiger partial charge is 0.326 e. The number of carbonyl (C=O) groups excluding carboxylic acids is 2. The molecular formula is C17H23N3O2. The first-order valence-corrected chi connectivity index (χ1v) is 7.99. The van der Waals surface area contributed by atoms with Crippen LogP contribution in [0.15, 0.2) is 18.2 Å². The van der Waals surface area contributed by atoms with Gasteiger partial charge >= 0.3 is 0 Å². The highest BCUT2D eigenvalue weighted by Gasteiger charge is 2.34. The van der Waals surface area contributed by atoms with Gasteiger partial charge in [-0.3, -0.25) is 9.59 Å². The Morgan fingerprint density at radius 1 is 1.36 bits per heavy atom. The number of hydrogen-bond donors (Lipinski definition) is 2. The lowest BCUT2D eigenvalue weighted by Crippen LogP contribution is -2.51. The monoisotopic (exact) mass is 301 g/mol. The summed E-state index contributed by atoms with van der Waals surface area (Å²) in [7, 11) is 0. The molecule has 1 aromatic rings. The third-order valence-electron chi connectivity index (χ3n) is 4.74. The van der Waals surface area contributed by atoms with Gasteiger partial charge in [0.2, 0.25) is 11.8 Å². The van der Waals surface area contributed by atoms with Crippen molar-refractivity contribution in [3.05, 3.63) is 23.8 Å². The van der Waals surface area contributed by atoms with Crippen LogP contribution in [0.5, 0.6) is 0 Å². The van der Waals surface area contributed by atoms with Gasteiger partial charge in [0.25, 0.3) is 0 Å². The second kappa shape index (κ2) is 6.08. The first kappa shape index (κ1) is 15.0. The van der Waals surface area contributed by atoms with Gasteiger partial charge in [-0.1, -0.05) is 13.0 Å². The molecular weight excluding hydrogens is 278 g/mol. The minimum atomic E-state index is -0.0780. The number of fused-ring (bicyclic) bond motifs is 1. The lowest BCUT2D eigenvalue weighted by Gasteiger charge is -2.37. The average Bonchev–Trinajstić information content (AvgIpc) is 2.44. The fraction of sp³-hybridized carbons (Fsp3) is 0.529. The number of hydrogen-bond acceptors (Lipinski definition) is 3. The van der Waals surface area contributed by atoms with Gasteiger partial charge in [0.1, 0.15) is 0 Å². The van der Waals surface area contributed by atoms with E-state index in [0.717, 1.165) is 49.4 Å². The molecule has 0 aromatic heterocycles. The van der Waals surface area contributed by atoms with Crippen molar-refractivity contribution in [2.24, 2.45) is 11.8 Å². The van der Waals surface area contributed by atoms with E-state index in [1.165, 1.54) is 6.92 Å². The Kier molecular flexibility index (Phi) is 4.16. The number of benzene rings is 1. The molecule has 2 heterocycles. The van der Waals surface area contributed by atoms with E-state index in [-0.39, 0.29) is 17.7 Å². The zero-order valence-electron chi connectivity index (χ0n) is 13.2. The average molecular weight is 301 g/mol. The molecule has 0 bridgehead atoms. The fourth-order valence-corrected chi connectivity index (χ4v) is 3.27. The Hall–Kier alpha value is -1.88. The summed E-state index contributed by atoms with van der Waals surface area (Å²) in [4.78, 5) is 26.1. The number of carbonyl (C=O) groups is 2. The van der Waals surface area contributed by atoms with Crippen LogP contribution in [0.3, 0.4) is 0 Å². The molecule has 3 rings (SSSR count). The van der Waals surface area contributed by atoms with Gasteiger partial charge in [0, 0.05) is 30.8 Å². The topological polar surface area (TPSA) is 61.4 Å². The summed E-state index contributed by atoms with van der Waals surface area (Å²) in [5, 5.41) is 6.11. The van der Waals surface area contributed by atoms with Gasteiger partial charge in [0.05, 0.1) is 0 Å². The van der Waals surface area contributed by atoms with Crippen molar-refractivity contribution in [3.63, 3.8) is 0 Å². The molecule has 1 saturated heterocycles. The predicted molar refractivity (Wildman–Crippen MR) is 86.9 cm³/mol. The molecule has 0 saturated carbocycles. The number of amides is 2. The third kappa shape index (κ3) is 2.73. The van der Waals surface area contributed by atoms with Crippen LogP contribution in [-0.2, 0) is 16.0 Å². The van der Waals surface area contributed by atoms with Crippen molar-refractivity contribution in [3.8, 4) is 0 Å². The van der Waals surface area contributed by atoms with Crippen LogP contribution in [-0.4, -0.2) is 31.4 Å². The summed E-state index contributed by atoms with van der Waals surface area (Å²) in [6.45, 7) is 6.16. The third-order valence-corrected chi connectivity index (χ3v) is 4.74. The Bertz CT molecular complexity index is 596. The van der Waals surface area contributed by atoms with Crippen LogP contribution >= 0.6 is 0 Å². The Morgan fingerprint density at radius 3 is 2.77 bits per heavy atom. The van der Waals surface area contributed by atoms with Crippen molar-refractivity contribution >= 4 is 23.2 Å². The second-order valence-corrected chi connectivity index (χ2v) is 6.28. The molecule has 2 aliphatic rings. The molecule has 5 nitrogen and oxygen atoms in total. The molecule has 2 amide bonds. The molecule has 1 fully saturated rings. The molecule has 1 atom stereocenters. The van der Waals surface area contributed by atoms with Crippen LogP contribution in [0.1, 0.15) is 25.8 Å². The fourth-order valence-electron chi connectivity index (χ4n) is 3.27. The van der Waals surface area contributed by atoms with Crippen LogP contribution in [0.25, 0.3) is 0 Å². The van der Waals surface area contributed by atoms with Gasteiger partial charge in [-0.15, -0.1) is 0 Å². The quantitative estimate of drug-likeness (QED) is 0.894. The minimum Gasteiger partial charge on any atom is -0.326 e. The number of nitrogens with one attached hydrogen (secondary N) is 2. The molecule has 5 heteroatoms. The smallest absolute Gasteiger partial charge is 0.230 e. The highest BCUT2D eigenvalue weighted by Crippen LogP contribution is 2.34. The minimum absolute atomic E-state index is 0.0385. The molecule has 1 aromatic carbocycles. The molecule has 2 aliphatic heterocycles. The number of rotatable bonds is 3. The van der Waals surface area contributed by atoms with Crippen molar-refractivity contribution in [1.29, 1.82) is 0 Å². The summed E-state index contributed by atoms with van der Waals surface area (Å²) in [6, 6.07) is 5.81. The maximum Gasteiger partial charge on any atom is 0.230 e. The molecule has 2 N–H and O–H groups in total. The first-order chi connectivity index (χ1) is 10.6. The molecule has 22 heavy (non-hydrogen) atoms. The van der Waals surface area contributed by atoms with Crippen LogP contribution < -0.4 is 15.5 Å². The lowest BCUT2D eigenvalue weighted by molar-refractivity contribution is -0.124. The second-order valence-electron chi connectivity index (χ2n) is 6.28. The van der Waals surface area contributed by atoms with E-state index in [1.54, 1.807) is 0 Å². The Labute approximate surface area is 131 Å². The summed E-state index contributed by atoms with van der Waals surface area (Å²) >= 11 is 0. The van der Waals surface area contributed by atoms with Crippen LogP contribution in [0.2, 0.25) is 0 Å². The standard InChI is InChI=1S/C17H23N3O2/c1-11(13-9-18-10-13)17(22)20-8-4-5-14-15(19-12(2)21)6-3-7-16(14)20/h3,6-7,11,13,18H,4-5,8-10H2,1-2H3,(H,19,21). The van der Waals surface area contributed by atoms with Crippen molar-refractivity contribution in [1.82, 2.24) is 5.32 Å². The van der Waals surface area contributed by atoms with Crippen molar-refractivity contribution in [2.45, 2.75) is 26.7 Å². The summed E-state index contributed by atoms with van der Waals surface area (Å²) in [5.41, 5.74) is 2.87. The van der Waals surface area contributed by atoms with E-state index in [0.29, 0.717) is 5.92 Å². The molecule has 118 valence electrons. The SMILES string of the molecule is CC(=O)Nc1cccc2c1CCCN2C(=O)C(C)C1CNC1. The first-order valence-electron chi connectivity index (χ1n) is 7.99. The van der Waals surface area contributed by atoms with Gasteiger partial charge in [-0.2, -0.15) is 0 Å². The van der Waals surface area contributed by atoms with Gasteiger partial charge < -0.3 is 15.5 Å². The van der Waals surface area contributed by atoms with E-state index < -0.39 is 0 Å². The summed E-state index contributed by atoms with van der Waals surface area (Å²) in [5.74, 6) is 0.603. The van der Waals surface area contributed by atoms with E-state index in [4.69, 9.17) is 0 Å². The van der Waals surface area contributed by atoms with Gasteiger partial charge in [-0.25, -0.2) is 0 Å². The van der Waals surface area contributed by atoms with E-state index in [1.807, 2.05) is 30.0 Å². The maximum atomic E-state index is 12.8.